The summed E-state index contributed by atoms with van der Waals surface area (Å²) in [4.78, 5) is 42.3. The second-order valence-electron chi connectivity index (χ2n) is 7.72. The normalized spacial score (nSPS) is 20.7. The van der Waals surface area contributed by atoms with E-state index in [1.54, 1.807) is 30.3 Å². The first kappa shape index (κ1) is 21.0. The Morgan fingerprint density at radius 3 is 2.35 bits per heavy atom. The summed E-state index contributed by atoms with van der Waals surface area (Å²) in [7, 11) is 0. The van der Waals surface area contributed by atoms with Crippen molar-refractivity contribution < 1.29 is 32.3 Å². The van der Waals surface area contributed by atoms with Crippen LogP contribution < -0.4 is 0 Å². The molecule has 1 fully saturated rings. The number of nitrogens with zero attached hydrogens (tertiary/aromatic N) is 1. The third-order valence-corrected chi connectivity index (χ3v) is 5.73. The molecule has 1 aromatic carbocycles. The van der Waals surface area contributed by atoms with Crippen molar-refractivity contribution in [2.24, 2.45) is 11.8 Å². The average Bonchev–Trinajstić information content (AvgIpc) is 3.18. The molecule has 4 rings (SSSR count). The Kier molecular flexibility index (Phi) is 5.24. The molecule has 0 radical (unpaired) electrons. The maximum Gasteiger partial charge on any atom is 0.433 e. The number of carbonyl (C=O) groups excluding carboxylic acids is 3. The fourth-order valence-corrected chi connectivity index (χ4v) is 4.17. The third kappa shape index (κ3) is 3.89. The Hall–Kier alpha value is -3.29. The minimum absolute atomic E-state index is 0.0110. The predicted octanol–water partition coefficient (Wildman–Crippen LogP) is 4.70. The van der Waals surface area contributed by atoms with Crippen molar-refractivity contribution in [3.8, 4) is 0 Å². The van der Waals surface area contributed by atoms with E-state index >= 15 is 0 Å². The quantitative estimate of drug-likeness (QED) is 0.400. The number of Topliss-reactive ketones (excluding diaryl/α,β-unsaturated/α-hetero) is 2. The number of rotatable bonds is 4. The molecule has 31 heavy (non-hydrogen) atoms. The Morgan fingerprint density at radius 2 is 1.71 bits per heavy atom. The summed E-state index contributed by atoms with van der Waals surface area (Å²) in [6.07, 6.45) is -3.01. The van der Waals surface area contributed by atoms with Gasteiger partial charge >= 0.3 is 12.1 Å². The molecule has 0 N–H and O–H groups in total. The number of ether oxygens (including phenoxy) is 1. The number of pyridine rings is 1. The van der Waals surface area contributed by atoms with Crippen LogP contribution >= 0.6 is 0 Å². The lowest BCUT2D eigenvalue weighted by molar-refractivity contribution is -0.141. The van der Waals surface area contributed by atoms with Gasteiger partial charge in [-0.05, 0) is 50.5 Å². The van der Waals surface area contributed by atoms with Crippen LogP contribution in [0.4, 0.5) is 13.2 Å². The number of carbonyl (C=O) groups is 3. The van der Waals surface area contributed by atoms with Gasteiger partial charge in [-0.3, -0.25) is 9.59 Å². The molecule has 5 nitrogen and oxygen atoms in total. The van der Waals surface area contributed by atoms with Crippen LogP contribution in [0.15, 0.2) is 53.8 Å². The molecular formula is C23H18F3NO4. The number of allylic oxidation sites excluding steroid dienone is 2. The van der Waals surface area contributed by atoms with E-state index in [1.165, 1.54) is 6.92 Å². The lowest BCUT2D eigenvalue weighted by Gasteiger charge is -2.24. The number of ketones is 2. The first-order valence-corrected chi connectivity index (χ1v) is 9.82. The summed E-state index contributed by atoms with van der Waals surface area (Å²) in [5, 5.41) is 0. The van der Waals surface area contributed by atoms with Crippen molar-refractivity contribution in [3.05, 3.63) is 76.3 Å². The molecule has 2 aliphatic rings. The van der Waals surface area contributed by atoms with Gasteiger partial charge in [0.25, 0.3) is 0 Å². The van der Waals surface area contributed by atoms with Crippen molar-refractivity contribution >= 4 is 17.5 Å². The average molecular weight is 429 g/mol. The SMILES string of the molecule is Cc1nc(C(F)(F)F)ccc1C(=O)C1=C(OC(=O)c2ccccc2)C2CCC(C2)C1=O. The number of fused-ring (bicyclic) bond motifs is 2. The van der Waals surface area contributed by atoms with Crippen LogP contribution in [-0.2, 0) is 15.7 Å². The molecule has 160 valence electrons. The molecular weight excluding hydrogens is 411 g/mol. The van der Waals surface area contributed by atoms with E-state index in [1.807, 2.05) is 0 Å². The number of alkyl halides is 3. The van der Waals surface area contributed by atoms with Crippen LogP contribution in [0.2, 0.25) is 0 Å². The number of aryl methyl sites for hydroxylation is 1. The van der Waals surface area contributed by atoms with Crippen LogP contribution in [0.5, 0.6) is 0 Å². The largest absolute Gasteiger partial charge is 0.433 e. The maximum absolute atomic E-state index is 13.2. The molecule has 1 saturated carbocycles. The molecule has 2 bridgehead atoms. The van der Waals surface area contributed by atoms with Crippen molar-refractivity contribution in [1.29, 1.82) is 0 Å². The second kappa shape index (κ2) is 7.76. The molecule has 0 spiro atoms. The van der Waals surface area contributed by atoms with Crippen molar-refractivity contribution in [3.63, 3.8) is 0 Å². The zero-order valence-corrected chi connectivity index (χ0v) is 16.5. The number of esters is 1. The predicted molar refractivity (Wildman–Crippen MR) is 103 cm³/mol. The third-order valence-electron chi connectivity index (χ3n) is 5.73. The molecule has 0 saturated heterocycles. The molecule has 0 amide bonds. The molecule has 2 aliphatic carbocycles. The van der Waals surface area contributed by atoms with Crippen molar-refractivity contribution in [2.45, 2.75) is 32.4 Å². The topological polar surface area (TPSA) is 73.3 Å². The summed E-state index contributed by atoms with van der Waals surface area (Å²) >= 11 is 0. The second-order valence-corrected chi connectivity index (χ2v) is 7.72. The van der Waals surface area contributed by atoms with Crippen LogP contribution in [0, 0.1) is 18.8 Å². The van der Waals surface area contributed by atoms with Crippen molar-refractivity contribution in [2.75, 3.05) is 0 Å². The smallest absolute Gasteiger partial charge is 0.426 e. The highest BCUT2D eigenvalue weighted by Gasteiger charge is 2.45. The van der Waals surface area contributed by atoms with Gasteiger partial charge in [-0.15, -0.1) is 0 Å². The molecule has 2 atom stereocenters. The number of hydrogen-bond acceptors (Lipinski definition) is 5. The number of benzene rings is 1. The minimum Gasteiger partial charge on any atom is -0.426 e. The van der Waals surface area contributed by atoms with Gasteiger partial charge in [-0.1, -0.05) is 18.2 Å². The van der Waals surface area contributed by atoms with E-state index < -0.39 is 29.4 Å². The zero-order chi connectivity index (χ0) is 22.3. The maximum atomic E-state index is 13.2. The molecule has 2 aromatic rings. The number of aromatic nitrogens is 1. The van der Waals surface area contributed by atoms with Crippen LogP contribution in [0.25, 0.3) is 0 Å². The van der Waals surface area contributed by atoms with Gasteiger partial charge in [-0.25, -0.2) is 9.78 Å². The van der Waals surface area contributed by atoms with Gasteiger partial charge in [0.05, 0.1) is 5.56 Å². The van der Waals surface area contributed by atoms with Gasteiger partial charge in [0.1, 0.15) is 17.0 Å². The van der Waals surface area contributed by atoms with E-state index in [2.05, 4.69) is 4.98 Å². The molecule has 2 unspecified atom stereocenters. The van der Waals surface area contributed by atoms with E-state index in [9.17, 15) is 27.6 Å². The fraction of sp³-hybridized carbons (Fsp3) is 0.304. The van der Waals surface area contributed by atoms with Gasteiger partial charge in [-0.2, -0.15) is 13.2 Å². The molecule has 8 heteroatoms. The van der Waals surface area contributed by atoms with Gasteiger partial charge in [0.2, 0.25) is 5.78 Å². The summed E-state index contributed by atoms with van der Waals surface area (Å²) in [5.41, 5.74) is -1.38. The lowest BCUT2D eigenvalue weighted by Crippen LogP contribution is -2.29. The van der Waals surface area contributed by atoms with Crippen LogP contribution in [-0.4, -0.2) is 22.5 Å². The van der Waals surface area contributed by atoms with Crippen LogP contribution in [0.1, 0.15) is 51.4 Å². The highest BCUT2D eigenvalue weighted by molar-refractivity contribution is 6.28. The number of hydrogen-bond donors (Lipinski definition) is 0. The van der Waals surface area contributed by atoms with E-state index in [0.29, 0.717) is 25.3 Å². The van der Waals surface area contributed by atoms with Gasteiger partial charge in [0.15, 0.2) is 5.78 Å². The first-order chi connectivity index (χ1) is 14.7. The van der Waals surface area contributed by atoms with Gasteiger partial charge < -0.3 is 4.74 Å². The standard InChI is InChI=1S/C23H18F3NO4/c1-12-16(9-10-17(27-12)23(24,25)26)20(29)18-19(28)14-7-8-15(11-14)21(18)31-22(30)13-5-3-2-4-6-13/h2-6,9-10,14-15H,7-8,11H2,1H3. The van der Waals surface area contributed by atoms with Crippen LogP contribution in [0.3, 0.4) is 0 Å². The summed E-state index contributed by atoms with van der Waals surface area (Å²) < 4.78 is 44.3. The Labute approximate surface area is 175 Å². The zero-order valence-electron chi connectivity index (χ0n) is 16.5. The highest BCUT2D eigenvalue weighted by atomic mass is 19.4. The van der Waals surface area contributed by atoms with E-state index in [0.717, 1.165) is 6.07 Å². The Morgan fingerprint density at radius 1 is 1.03 bits per heavy atom. The van der Waals surface area contributed by atoms with E-state index in [4.69, 9.17) is 4.74 Å². The Bertz CT molecular complexity index is 1110. The minimum atomic E-state index is -4.65. The van der Waals surface area contributed by atoms with Gasteiger partial charge in [0, 0.05) is 23.1 Å². The lowest BCUT2D eigenvalue weighted by atomic mass is 9.83. The fourth-order valence-electron chi connectivity index (χ4n) is 4.17. The monoisotopic (exact) mass is 429 g/mol. The summed E-state index contributed by atoms with van der Waals surface area (Å²) in [6, 6.07) is 9.88. The van der Waals surface area contributed by atoms with E-state index in [-0.39, 0.29) is 40.0 Å². The number of halogens is 3. The molecule has 1 aromatic heterocycles. The Balaban J connectivity index is 1.75. The first-order valence-electron chi connectivity index (χ1n) is 9.82. The molecule has 1 heterocycles. The van der Waals surface area contributed by atoms with Crippen molar-refractivity contribution in [1.82, 2.24) is 4.98 Å². The summed E-state index contributed by atoms with van der Waals surface area (Å²) in [5.74, 6) is -2.51. The summed E-state index contributed by atoms with van der Waals surface area (Å²) in [6.45, 7) is 1.28. The highest BCUT2D eigenvalue weighted by Crippen LogP contribution is 2.45. The molecule has 0 aliphatic heterocycles.